The van der Waals surface area contributed by atoms with Crippen LogP contribution in [0.1, 0.15) is 49.9 Å². The first-order valence-electron chi connectivity index (χ1n) is 17.0. The van der Waals surface area contributed by atoms with Crippen LogP contribution in [-0.2, 0) is 10.8 Å². The molecule has 2 aromatic heterocycles. The van der Waals surface area contributed by atoms with Crippen LogP contribution in [0.3, 0.4) is 0 Å². The summed E-state index contributed by atoms with van der Waals surface area (Å²) in [7, 11) is 0. The average molecular weight is 632 g/mol. The lowest BCUT2D eigenvalue weighted by Gasteiger charge is -2.21. The first-order chi connectivity index (χ1) is 23.8. The number of nitrogens with zero attached hydrogens (tertiary/aromatic N) is 3. The molecule has 4 heteroatoms. The Morgan fingerprint density at radius 3 is 1.71 bits per heavy atom. The number of hydrogen-bond donors (Lipinski definition) is 0. The molecule has 6 aromatic carbocycles. The number of furan rings is 1. The molecular weight excluding hydrogens is 599 g/mol. The lowest BCUT2D eigenvalue weighted by atomic mass is 9.82. The minimum atomic E-state index is -0.130. The van der Waals surface area contributed by atoms with Crippen molar-refractivity contribution >= 4 is 21.9 Å². The van der Waals surface area contributed by atoms with Crippen LogP contribution in [-0.4, -0.2) is 15.0 Å². The molecule has 4 nitrogen and oxygen atoms in total. The topological polar surface area (TPSA) is 51.8 Å². The summed E-state index contributed by atoms with van der Waals surface area (Å²) in [5, 5.41) is 2.15. The number of benzene rings is 6. The maximum atomic E-state index is 6.77. The van der Waals surface area contributed by atoms with Crippen LogP contribution in [0.15, 0.2) is 132 Å². The first-order valence-corrected chi connectivity index (χ1v) is 17.0. The molecular formula is C45H33N3O. The van der Waals surface area contributed by atoms with Crippen LogP contribution >= 0.6 is 0 Å². The summed E-state index contributed by atoms with van der Waals surface area (Å²) >= 11 is 0. The molecule has 0 spiro atoms. The Hall–Kier alpha value is -5.87. The normalized spacial score (nSPS) is 14.9. The monoisotopic (exact) mass is 631 g/mol. The third-order valence-corrected chi connectivity index (χ3v) is 11.0. The highest BCUT2D eigenvalue weighted by Crippen LogP contribution is 2.52. The maximum Gasteiger partial charge on any atom is 0.167 e. The van der Waals surface area contributed by atoms with Gasteiger partial charge < -0.3 is 4.42 Å². The summed E-state index contributed by atoms with van der Waals surface area (Å²) in [6.07, 6.45) is 0. The number of fused-ring (bicyclic) bond motifs is 9. The molecule has 0 saturated heterocycles. The summed E-state index contributed by atoms with van der Waals surface area (Å²) in [6.45, 7) is 9.20. The molecule has 0 unspecified atom stereocenters. The van der Waals surface area contributed by atoms with Crippen molar-refractivity contribution in [1.82, 2.24) is 15.0 Å². The van der Waals surface area contributed by atoms with Crippen molar-refractivity contribution in [2.24, 2.45) is 0 Å². The van der Waals surface area contributed by atoms with Gasteiger partial charge in [-0.25, -0.2) is 15.0 Å². The van der Waals surface area contributed by atoms with Gasteiger partial charge in [0.25, 0.3) is 0 Å². The fraction of sp³-hybridized carbons (Fsp3) is 0.133. The molecule has 10 rings (SSSR count). The smallest absolute Gasteiger partial charge is 0.167 e. The average Bonchev–Trinajstić information content (AvgIpc) is 3.70. The van der Waals surface area contributed by atoms with E-state index < -0.39 is 0 Å². The van der Waals surface area contributed by atoms with E-state index in [-0.39, 0.29) is 10.8 Å². The number of para-hydroxylation sites is 1. The van der Waals surface area contributed by atoms with Crippen LogP contribution in [0.5, 0.6) is 0 Å². The van der Waals surface area contributed by atoms with Gasteiger partial charge in [0.15, 0.2) is 17.5 Å². The van der Waals surface area contributed by atoms with Gasteiger partial charge in [0.2, 0.25) is 0 Å². The van der Waals surface area contributed by atoms with Crippen LogP contribution in [0.2, 0.25) is 0 Å². The SMILES string of the molecule is CC1(C)c2ccccc2-c2ccc(-c3nc(-c4ccccc4)nc(-c4cccc5c4oc4cc6c(cc45)-c4ccccc4C6(C)C)n3)cc21. The minimum absolute atomic E-state index is 0.110. The molecule has 2 heterocycles. The van der Waals surface area contributed by atoms with Crippen molar-refractivity contribution in [2.45, 2.75) is 38.5 Å². The molecule has 0 saturated carbocycles. The van der Waals surface area contributed by atoms with Crippen LogP contribution in [0.25, 0.3) is 78.4 Å². The standard InChI is InChI=1S/C45H33N3O/c1-44(2)35-19-10-8-15-28(35)30-22-21-27(23-37(30)44)42-46-41(26-13-6-5-7-14-26)47-43(48-42)32-18-12-17-31-34-24-33-29-16-9-11-20-36(29)45(3,4)38(33)25-39(34)49-40(31)32/h5-25H,1-4H3. The van der Waals surface area contributed by atoms with Gasteiger partial charge in [-0.15, -0.1) is 0 Å². The van der Waals surface area contributed by atoms with Gasteiger partial charge in [-0.2, -0.15) is 0 Å². The van der Waals surface area contributed by atoms with E-state index in [1.165, 1.54) is 44.5 Å². The molecule has 234 valence electrons. The largest absolute Gasteiger partial charge is 0.455 e. The van der Waals surface area contributed by atoms with E-state index in [1.807, 2.05) is 30.3 Å². The highest BCUT2D eigenvalue weighted by Gasteiger charge is 2.37. The summed E-state index contributed by atoms with van der Waals surface area (Å²) < 4.78 is 6.77. The van der Waals surface area contributed by atoms with E-state index in [2.05, 4.69) is 125 Å². The Morgan fingerprint density at radius 1 is 0.408 bits per heavy atom. The fourth-order valence-corrected chi connectivity index (χ4v) is 8.35. The van der Waals surface area contributed by atoms with Crippen molar-refractivity contribution in [1.29, 1.82) is 0 Å². The van der Waals surface area contributed by atoms with E-state index in [0.29, 0.717) is 17.5 Å². The molecule has 0 amide bonds. The zero-order valence-corrected chi connectivity index (χ0v) is 27.9. The van der Waals surface area contributed by atoms with Crippen molar-refractivity contribution in [3.8, 4) is 56.4 Å². The lowest BCUT2D eigenvalue weighted by molar-refractivity contribution is 0.647. The molecule has 0 aliphatic heterocycles. The van der Waals surface area contributed by atoms with Gasteiger partial charge in [-0.3, -0.25) is 0 Å². The lowest BCUT2D eigenvalue weighted by Crippen LogP contribution is -2.15. The number of aromatic nitrogens is 3. The predicted octanol–water partition coefficient (Wildman–Crippen LogP) is 11.4. The van der Waals surface area contributed by atoms with Gasteiger partial charge in [-0.05, 0) is 68.8 Å². The second kappa shape index (κ2) is 9.83. The highest BCUT2D eigenvalue weighted by atomic mass is 16.3. The molecule has 0 N–H and O–H groups in total. The molecule has 0 radical (unpaired) electrons. The van der Waals surface area contributed by atoms with E-state index in [4.69, 9.17) is 19.4 Å². The van der Waals surface area contributed by atoms with Gasteiger partial charge >= 0.3 is 0 Å². The van der Waals surface area contributed by atoms with Gasteiger partial charge in [0.1, 0.15) is 11.2 Å². The predicted molar refractivity (Wildman–Crippen MR) is 199 cm³/mol. The second-order valence-corrected chi connectivity index (χ2v) is 14.5. The molecule has 2 aliphatic rings. The van der Waals surface area contributed by atoms with Crippen LogP contribution < -0.4 is 0 Å². The molecule has 2 aliphatic carbocycles. The highest BCUT2D eigenvalue weighted by molar-refractivity contribution is 6.11. The summed E-state index contributed by atoms with van der Waals surface area (Å²) in [5.41, 5.74) is 14.6. The van der Waals surface area contributed by atoms with Gasteiger partial charge in [0.05, 0.1) is 5.56 Å². The Bertz CT molecular complexity index is 2660. The third kappa shape index (κ3) is 3.95. The Labute approximate surface area is 285 Å². The molecule has 8 aromatic rings. The van der Waals surface area contributed by atoms with Crippen LogP contribution in [0, 0.1) is 0 Å². The Morgan fingerprint density at radius 2 is 0.980 bits per heavy atom. The summed E-state index contributed by atoms with van der Waals surface area (Å²) in [5.74, 6) is 1.87. The van der Waals surface area contributed by atoms with Crippen molar-refractivity contribution in [3.05, 3.63) is 150 Å². The van der Waals surface area contributed by atoms with Crippen molar-refractivity contribution in [2.75, 3.05) is 0 Å². The zero-order chi connectivity index (χ0) is 33.1. The van der Waals surface area contributed by atoms with E-state index in [9.17, 15) is 0 Å². The van der Waals surface area contributed by atoms with Crippen molar-refractivity contribution in [3.63, 3.8) is 0 Å². The van der Waals surface area contributed by atoms with Gasteiger partial charge in [-0.1, -0.05) is 131 Å². The summed E-state index contributed by atoms with van der Waals surface area (Å²) in [4.78, 5) is 15.3. The Kier molecular flexibility index (Phi) is 5.65. The molecule has 0 atom stereocenters. The molecule has 0 bridgehead atoms. The number of hydrogen-bond acceptors (Lipinski definition) is 4. The third-order valence-electron chi connectivity index (χ3n) is 11.0. The molecule has 0 fully saturated rings. The summed E-state index contributed by atoms with van der Waals surface area (Å²) in [6, 6.07) is 45.1. The maximum absolute atomic E-state index is 6.77. The van der Waals surface area contributed by atoms with Crippen LogP contribution in [0.4, 0.5) is 0 Å². The van der Waals surface area contributed by atoms with Crippen molar-refractivity contribution < 1.29 is 4.42 Å². The first kappa shape index (κ1) is 28.2. The second-order valence-electron chi connectivity index (χ2n) is 14.5. The Balaban J connectivity index is 1.18. The van der Waals surface area contributed by atoms with E-state index in [0.717, 1.165) is 38.6 Å². The fourth-order valence-electron chi connectivity index (χ4n) is 8.35. The number of rotatable bonds is 3. The molecule has 49 heavy (non-hydrogen) atoms. The van der Waals surface area contributed by atoms with Gasteiger partial charge in [0, 0.05) is 32.7 Å². The van der Waals surface area contributed by atoms with E-state index in [1.54, 1.807) is 0 Å². The zero-order valence-electron chi connectivity index (χ0n) is 27.9. The van der Waals surface area contributed by atoms with E-state index >= 15 is 0 Å². The minimum Gasteiger partial charge on any atom is -0.455 e. The quantitative estimate of drug-likeness (QED) is 0.195.